The van der Waals surface area contributed by atoms with Crippen molar-refractivity contribution in [2.45, 2.75) is 102 Å². The van der Waals surface area contributed by atoms with E-state index in [1.165, 1.54) is 13.8 Å². The molecule has 2 heterocycles. The Balaban J connectivity index is 1.31. The fraction of sp³-hybridized carbons (Fsp3) is 0.645. The maximum atomic E-state index is 13.1. The van der Waals surface area contributed by atoms with Crippen LogP contribution >= 0.6 is 0 Å². The fourth-order valence-corrected chi connectivity index (χ4v) is 6.73. The third-order valence-corrected chi connectivity index (χ3v) is 9.15. The van der Waals surface area contributed by atoms with Gasteiger partial charge in [-0.25, -0.2) is 9.59 Å². The number of fused-ring (bicyclic) bond motifs is 4. The van der Waals surface area contributed by atoms with E-state index in [-0.39, 0.29) is 30.0 Å². The van der Waals surface area contributed by atoms with Crippen molar-refractivity contribution >= 4 is 17.8 Å². The molecule has 10 nitrogen and oxygen atoms in total. The molecule has 1 unspecified atom stereocenters. The van der Waals surface area contributed by atoms with E-state index in [4.69, 9.17) is 18.9 Å². The number of amides is 1. The molecule has 3 N–H and O–H groups in total. The van der Waals surface area contributed by atoms with Gasteiger partial charge < -0.3 is 34.7 Å². The summed E-state index contributed by atoms with van der Waals surface area (Å²) in [6.45, 7) is 5.92. The topological polar surface area (TPSA) is 132 Å². The van der Waals surface area contributed by atoms with Crippen LogP contribution in [0.2, 0.25) is 0 Å². The van der Waals surface area contributed by atoms with Gasteiger partial charge in [0.2, 0.25) is 5.91 Å². The summed E-state index contributed by atoms with van der Waals surface area (Å²) >= 11 is 0. The highest BCUT2D eigenvalue weighted by atomic mass is 16.6. The molecule has 5 rings (SSSR count). The highest BCUT2D eigenvalue weighted by Crippen LogP contribution is 2.48. The molecule has 2 aliphatic heterocycles. The van der Waals surface area contributed by atoms with Crippen molar-refractivity contribution in [2.24, 2.45) is 11.8 Å². The number of carbonyl (C=O) groups is 3. The predicted molar refractivity (Wildman–Crippen MR) is 149 cm³/mol. The lowest BCUT2D eigenvalue weighted by molar-refractivity contribution is -0.167. The van der Waals surface area contributed by atoms with Crippen molar-refractivity contribution < 1.29 is 38.4 Å². The fourth-order valence-electron chi connectivity index (χ4n) is 6.73. The van der Waals surface area contributed by atoms with E-state index in [2.05, 4.69) is 23.6 Å². The second kappa shape index (κ2) is 12.0. The molecule has 0 spiro atoms. The third kappa shape index (κ3) is 6.09. The Kier molecular flexibility index (Phi) is 8.61. The Morgan fingerprint density at radius 2 is 1.98 bits per heavy atom. The summed E-state index contributed by atoms with van der Waals surface area (Å²) in [5, 5.41) is 17.7. The number of hydrogen-bond donors (Lipinski definition) is 3. The van der Waals surface area contributed by atoms with Crippen molar-refractivity contribution in [3.63, 3.8) is 0 Å². The first-order valence-corrected chi connectivity index (χ1v) is 14.8. The van der Waals surface area contributed by atoms with Crippen LogP contribution in [0.1, 0.15) is 70.4 Å². The van der Waals surface area contributed by atoms with Crippen LogP contribution < -0.4 is 20.1 Å². The van der Waals surface area contributed by atoms with Gasteiger partial charge in [-0.3, -0.25) is 4.79 Å². The third-order valence-electron chi connectivity index (χ3n) is 9.15. The van der Waals surface area contributed by atoms with Gasteiger partial charge in [0, 0.05) is 12.0 Å². The molecule has 224 valence electrons. The zero-order chi connectivity index (χ0) is 29.3. The molecule has 0 radical (unpaired) electrons. The number of nitrogens with one attached hydrogen (secondary N) is 2. The molecule has 41 heavy (non-hydrogen) atoms. The SMILES string of the molecule is COc1ccc2c3c1O[C@@H]1C[C@@](O)(CC=C1OC(=O)[C@H](C)OC(=O)[C@H](C)NC(=O)[C@@H]1CCCN1)[C@@H](C2)C(C)CCC3. The number of hydrogen-bond acceptors (Lipinski definition) is 9. The van der Waals surface area contributed by atoms with Crippen molar-refractivity contribution in [3.05, 3.63) is 35.1 Å². The zero-order valence-electron chi connectivity index (χ0n) is 24.4. The maximum Gasteiger partial charge on any atom is 0.352 e. The number of aliphatic hydroxyl groups is 1. The van der Waals surface area contributed by atoms with Crippen LogP contribution in [0.5, 0.6) is 11.5 Å². The van der Waals surface area contributed by atoms with Gasteiger partial charge in [-0.15, -0.1) is 0 Å². The Morgan fingerprint density at radius 3 is 2.71 bits per heavy atom. The van der Waals surface area contributed by atoms with Crippen LogP contribution in [-0.2, 0) is 36.7 Å². The summed E-state index contributed by atoms with van der Waals surface area (Å²) in [5.41, 5.74) is 1.20. The molecule has 6 bridgehead atoms. The minimum absolute atomic E-state index is 0.0107. The monoisotopic (exact) mass is 570 g/mol. The minimum atomic E-state index is -1.22. The summed E-state index contributed by atoms with van der Waals surface area (Å²) < 4.78 is 23.3. The standard InChI is InChI=1S/C31H42N2O8/c1-17-7-5-8-21-20-10-11-25(38-4)27(21)40-26-16-31(37,22(17)15-20)13-12-24(26)41-30(36)19(3)39-29(35)18(2)33-28(34)23-9-6-14-32-23/h10-12,17-19,22-23,26,32,37H,5-9,13-16H2,1-4H3,(H,33,34)/t17?,18-,19-,22-,23-,26+,31-/m0/s1. The minimum Gasteiger partial charge on any atom is -0.493 e. The largest absolute Gasteiger partial charge is 0.493 e. The normalized spacial score (nSPS) is 30.1. The van der Waals surface area contributed by atoms with Crippen LogP contribution in [0.25, 0.3) is 0 Å². The van der Waals surface area contributed by atoms with E-state index in [0.717, 1.165) is 49.8 Å². The van der Waals surface area contributed by atoms with E-state index in [1.54, 1.807) is 13.2 Å². The predicted octanol–water partition coefficient (Wildman–Crippen LogP) is 2.73. The molecule has 10 heteroatoms. The average Bonchev–Trinajstić information content (AvgIpc) is 3.48. The van der Waals surface area contributed by atoms with Gasteiger partial charge in [0.05, 0.1) is 18.8 Å². The highest BCUT2D eigenvalue weighted by molar-refractivity contribution is 5.88. The summed E-state index contributed by atoms with van der Waals surface area (Å²) in [5.74, 6) is 0.0614. The van der Waals surface area contributed by atoms with Crippen molar-refractivity contribution in [3.8, 4) is 11.5 Å². The second-order valence-electron chi connectivity index (χ2n) is 12.0. The molecule has 7 atom stereocenters. The van der Waals surface area contributed by atoms with Gasteiger partial charge in [0.1, 0.15) is 11.8 Å². The molecule has 1 aromatic carbocycles. The van der Waals surface area contributed by atoms with Crippen molar-refractivity contribution in [1.82, 2.24) is 10.6 Å². The molecule has 1 saturated heterocycles. The molecule has 0 saturated carbocycles. The lowest BCUT2D eigenvalue weighted by Gasteiger charge is -2.43. The van der Waals surface area contributed by atoms with Crippen LogP contribution in [0.4, 0.5) is 0 Å². The Morgan fingerprint density at radius 1 is 1.17 bits per heavy atom. The molecule has 0 aromatic heterocycles. The van der Waals surface area contributed by atoms with E-state index >= 15 is 0 Å². The lowest BCUT2D eigenvalue weighted by atomic mass is 9.67. The molecule has 1 aromatic rings. The number of ether oxygens (including phenoxy) is 4. The number of rotatable bonds is 7. The molecule has 2 aliphatic carbocycles. The molecule has 1 amide bonds. The van der Waals surface area contributed by atoms with Gasteiger partial charge in [-0.05, 0) is 88.5 Å². The molecule has 4 aliphatic rings. The van der Waals surface area contributed by atoms with Gasteiger partial charge in [-0.1, -0.05) is 19.4 Å². The molecular weight excluding hydrogens is 528 g/mol. The van der Waals surface area contributed by atoms with E-state index in [1.807, 2.05) is 6.07 Å². The van der Waals surface area contributed by atoms with Crippen molar-refractivity contribution in [1.29, 1.82) is 0 Å². The summed E-state index contributed by atoms with van der Waals surface area (Å²) in [4.78, 5) is 38.1. The summed E-state index contributed by atoms with van der Waals surface area (Å²) in [6.07, 6.45) is 5.52. The van der Waals surface area contributed by atoms with Gasteiger partial charge in [0.25, 0.3) is 0 Å². The molecule has 1 fully saturated rings. The summed E-state index contributed by atoms with van der Waals surface area (Å²) in [6, 6.07) is 2.72. The Labute approximate surface area is 241 Å². The van der Waals surface area contributed by atoms with Crippen molar-refractivity contribution in [2.75, 3.05) is 13.7 Å². The van der Waals surface area contributed by atoms with Crippen LogP contribution in [0.15, 0.2) is 24.0 Å². The first-order chi connectivity index (χ1) is 19.6. The molecular formula is C31H42N2O8. The number of esters is 2. The first kappa shape index (κ1) is 29.4. The van der Waals surface area contributed by atoms with Gasteiger partial charge in [-0.2, -0.15) is 0 Å². The quantitative estimate of drug-likeness (QED) is 0.423. The van der Waals surface area contributed by atoms with Gasteiger partial charge in [0.15, 0.2) is 23.7 Å². The maximum absolute atomic E-state index is 13.1. The van der Waals surface area contributed by atoms with Gasteiger partial charge >= 0.3 is 11.9 Å². The zero-order valence-corrected chi connectivity index (χ0v) is 24.4. The number of carbonyl (C=O) groups excluding carboxylic acids is 3. The smallest absolute Gasteiger partial charge is 0.352 e. The number of methoxy groups -OCH3 is 1. The van der Waals surface area contributed by atoms with E-state index in [9.17, 15) is 19.5 Å². The highest BCUT2D eigenvalue weighted by Gasteiger charge is 2.48. The Hall–Kier alpha value is -3.11. The second-order valence-corrected chi connectivity index (χ2v) is 12.0. The Bertz CT molecular complexity index is 1210. The van der Waals surface area contributed by atoms with Crippen LogP contribution in [0.3, 0.4) is 0 Å². The lowest BCUT2D eigenvalue weighted by Crippen LogP contribution is -2.49. The van der Waals surface area contributed by atoms with Crippen LogP contribution in [0, 0.1) is 11.8 Å². The van der Waals surface area contributed by atoms with E-state index < -0.39 is 35.8 Å². The first-order valence-electron chi connectivity index (χ1n) is 14.8. The average molecular weight is 571 g/mol. The number of benzene rings is 1. The van der Waals surface area contributed by atoms with E-state index in [0.29, 0.717) is 30.3 Å². The van der Waals surface area contributed by atoms with Crippen LogP contribution in [-0.4, -0.2) is 66.5 Å². The summed E-state index contributed by atoms with van der Waals surface area (Å²) in [7, 11) is 1.60.